The fourth-order valence-electron chi connectivity index (χ4n) is 9.41. The minimum Gasteiger partial charge on any atom is -0.494 e. The van der Waals surface area contributed by atoms with Crippen molar-refractivity contribution in [2.75, 3.05) is 39.6 Å². The van der Waals surface area contributed by atoms with Crippen LogP contribution in [0.15, 0.2) is 83.3 Å². The molecule has 1 saturated heterocycles. The number of benzene rings is 3. The summed E-state index contributed by atoms with van der Waals surface area (Å²) in [6, 6.07) is 20.4. The number of aromatic nitrogens is 4. The summed E-state index contributed by atoms with van der Waals surface area (Å²) < 4.78 is 19.4. The molecule has 8 rings (SSSR count). The number of amides is 4. The van der Waals surface area contributed by atoms with Gasteiger partial charge in [-0.1, -0.05) is 80.9 Å². The van der Waals surface area contributed by atoms with Gasteiger partial charge in [-0.15, -0.1) is 32.9 Å². The van der Waals surface area contributed by atoms with Crippen molar-refractivity contribution >= 4 is 63.6 Å². The fourth-order valence-corrected chi connectivity index (χ4v) is 11.6. The van der Waals surface area contributed by atoms with Gasteiger partial charge in [0.1, 0.15) is 41.3 Å². The van der Waals surface area contributed by atoms with Crippen molar-refractivity contribution in [1.29, 1.82) is 0 Å². The molecule has 20 heteroatoms. The number of aliphatic imine (C=N–C) groups is 1. The second kappa shape index (κ2) is 25.4. The smallest absolute Gasteiger partial charge is 0.246 e. The van der Waals surface area contributed by atoms with Crippen LogP contribution in [0.2, 0.25) is 5.02 Å². The summed E-state index contributed by atoms with van der Waals surface area (Å²) in [7, 11) is 0. The maximum absolute atomic E-state index is 14.0. The summed E-state index contributed by atoms with van der Waals surface area (Å²) in [6.07, 6.45) is 0.508. The lowest BCUT2D eigenvalue weighted by atomic mass is 9.85. The zero-order valence-corrected chi connectivity index (χ0v) is 47.2. The molecule has 5 heterocycles. The summed E-state index contributed by atoms with van der Waals surface area (Å²) in [4.78, 5) is 67.5. The molecule has 17 nitrogen and oxygen atoms in total. The van der Waals surface area contributed by atoms with E-state index in [0.717, 1.165) is 60.5 Å². The van der Waals surface area contributed by atoms with E-state index in [0.29, 0.717) is 49.3 Å². The van der Waals surface area contributed by atoms with Gasteiger partial charge in [0, 0.05) is 66.8 Å². The topological polar surface area (TPSA) is 211 Å². The maximum atomic E-state index is 14.0. The molecule has 0 bridgehead atoms. The zero-order chi connectivity index (χ0) is 55.0. The number of nitrogens with one attached hydrogen (secondary N) is 3. The number of rotatable bonds is 22. The predicted molar refractivity (Wildman–Crippen MR) is 299 cm³/mol. The SMILES string of the molecule is Cc1ncsc1-c1ccc(CNC(=O)[C@@H]2C[C@@H](O)CN2C(=O)C(NC(=O)COCCCOCCCOc2ccc([C@@H](C)NC(=O)C[C@@H]3N=C(c4ccc(Cl)cc4)c4c(sc(C)c4C)-n4c(C)nnc43)cc2)C(C)(C)C)cc1. The molecule has 0 radical (unpaired) electrons. The van der Waals surface area contributed by atoms with E-state index in [1.165, 1.54) is 9.78 Å². The Morgan fingerprint density at radius 1 is 0.857 bits per heavy atom. The second-order valence-electron chi connectivity index (χ2n) is 20.6. The third-order valence-electron chi connectivity index (χ3n) is 13.7. The van der Waals surface area contributed by atoms with Crippen molar-refractivity contribution in [3.05, 3.63) is 133 Å². The van der Waals surface area contributed by atoms with Crippen molar-refractivity contribution in [3.8, 4) is 21.2 Å². The summed E-state index contributed by atoms with van der Waals surface area (Å²) in [5.41, 5.74) is 8.77. The molecule has 3 aromatic carbocycles. The molecule has 0 spiro atoms. The van der Waals surface area contributed by atoms with E-state index in [1.54, 1.807) is 22.7 Å². The maximum Gasteiger partial charge on any atom is 0.246 e. The highest BCUT2D eigenvalue weighted by molar-refractivity contribution is 7.15. The van der Waals surface area contributed by atoms with Gasteiger partial charge in [-0.25, -0.2) is 4.98 Å². The Kier molecular flexibility index (Phi) is 18.8. The molecule has 2 aliphatic rings. The first-order valence-corrected chi connectivity index (χ1v) is 28.0. The minimum atomic E-state index is -0.961. The van der Waals surface area contributed by atoms with Crippen LogP contribution in [0.5, 0.6) is 5.75 Å². The molecular formula is C57H68ClN9O8S2. The normalized spacial score (nSPS) is 16.9. The van der Waals surface area contributed by atoms with Gasteiger partial charge in [0.25, 0.3) is 0 Å². The Labute approximate surface area is 462 Å². The quantitative estimate of drug-likeness (QED) is 0.0474. The van der Waals surface area contributed by atoms with E-state index in [-0.39, 0.29) is 57.0 Å². The summed E-state index contributed by atoms with van der Waals surface area (Å²) in [6.45, 7) is 17.1. The van der Waals surface area contributed by atoms with Gasteiger partial charge >= 0.3 is 0 Å². The van der Waals surface area contributed by atoms with Crippen LogP contribution in [0, 0.1) is 33.1 Å². The van der Waals surface area contributed by atoms with Crippen LogP contribution in [0.1, 0.15) is 115 Å². The molecule has 4 amide bonds. The molecule has 5 atom stereocenters. The third-order valence-corrected chi connectivity index (χ3v) is 16.1. The number of thiazole rings is 1. The first-order valence-electron chi connectivity index (χ1n) is 25.9. The first-order chi connectivity index (χ1) is 36.9. The van der Waals surface area contributed by atoms with Gasteiger partial charge in [0.05, 0.1) is 47.0 Å². The standard InChI is InChI=1S/C57H68ClN9O8S2/c1-33-36(4)77-56-49(33)50(40-15-19-42(58)20-16-40)62-45(53-65-64-37(5)67(53)56)28-47(69)61-34(2)39-17-21-44(22-18-39)75-26-10-24-73-23-9-25-74-31-48(70)63-52(57(6,7)8)55(72)66-30-43(68)27-46(66)54(71)59-29-38-11-13-41(14-12-38)51-35(3)60-32-76-51/h11-22,32,34,43,45-46,52,68H,9-10,23-31H2,1-8H3,(H,59,71)(H,61,69)(H,63,70)/t34-,43-,45+,46+,52?/m1/s1. The van der Waals surface area contributed by atoms with Crippen LogP contribution in [-0.4, -0.2) is 117 Å². The molecule has 1 fully saturated rings. The van der Waals surface area contributed by atoms with Gasteiger partial charge < -0.3 is 40.2 Å². The molecule has 3 aromatic heterocycles. The number of likely N-dealkylation sites (tertiary alicyclic amines) is 1. The van der Waals surface area contributed by atoms with Crippen molar-refractivity contribution in [2.24, 2.45) is 10.4 Å². The Hall–Kier alpha value is -6.35. The number of hydrogen-bond acceptors (Lipinski definition) is 14. The van der Waals surface area contributed by atoms with Crippen molar-refractivity contribution in [2.45, 2.75) is 118 Å². The molecule has 77 heavy (non-hydrogen) atoms. The van der Waals surface area contributed by atoms with Gasteiger partial charge in [-0.2, -0.15) is 0 Å². The minimum absolute atomic E-state index is 0.0161. The number of aliphatic hydroxyl groups excluding tert-OH is 1. The Morgan fingerprint density at radius 2 is 1.55 bits per heavy atom. The van der Waals surface area contributed by atoms with Crippen LogP contribution < -0.4 is 20.7 Å². The highest BCUT2D eigenvalue weighted by atomic mass is 35.5. The number of aryl methyl sites for hydroxylation is 3. The van der Waals surface area contributed by atoms with Gasteiger partial charge in [0.2, 0.25) is 23.6 Å². The van der Waals surface area contributed by atoms with Gasteiger partial charge in [-0.3, -0.25) is 28.7 Å². The van der Waals surface area contributed by atoms with Crippen LogP contribution in [0.25, 0.3) is 15.4 Å². The Morgan fingerprint density at radius 3 is 2.23 bits per heavy atom. The number of aliphatic hydroxyl groups is 1. The van der Waals surface area contributed by atoms with E-state index in [2.05, 4.69) is 45.0 Å². The van der Waals surface area contributed by atoms with Crippen molar-refractivity contribution in [3.63, 3.8) is 0 Å². The van der Waals surface area contributed by atoms with Crippen LogP contribution in [0.3, 0.4) is 0 Å². The van der Waals surface area contributed by atoms with E-state index in [1.807, 2.05) is 124 Å². The number of β-amino-alcohol motifs (C(OH)–C–C–N with tert-alkyl or cyclic N) is 1. The summed E-state index contributed by atoms with van der Waals surface area (Å²) in [5, 5.41) is 30.1. The van der Waals surface area contributed by atoms with Gasteiger partial charge in [0.15, 0.2) is 5.82 Å². The molecule has 1 unspecified atom stereocenters. The lowest BCUT2D eigenvalue weighted by Gasteiger charge is -2.35. The number of fused-ring (bicyclic) bond motifs is 3. The molecule has 408 valence electrons. The van der Waals surface area contributed by atoms with E-state index in [4.69, 9.17) is 30.8 Å². The fraction of sp³-hybridized carbons (Fsp3) is 0.439. The number of nitrogens with zero attached hydrogens (tertiary/aromatic N) is 6. The summed E-state index contributed by atoms with van der Waals surface area (Å²) >= 11 is 9.51. The number of carbonyl (C=O) groups is 4. The van der Waals surface area contributed by atoms with Crippen LogP contribution >= 0.6 is 34.3 Å². The van der Waals surface area contributed by atoms with Crippen LogP contribution in [-0.2, 0) is 35.2 Å². The number of hydrogen-bond donors (Lipinski definition) is 4. The average molecular weight is 1110 g/mol. The van der Waals surface area contributed by atoms with E-state index >= 15 is 0 Å². The van der Waals surface area contributed by atoms with Gasteiger partial charge in [-0.05, 0) is 93.0 Å². The number of halogens is 1. The first kappa shape index (κ1) is 56.8. The highest BCUT2D eigenvalue weighted by Gasteiger charge is 2.44. The Balaban J connectivity index is 0.720. The molecule has 0 aliphatic carbocycles. The molecule has 6 aromatic rings. The molecule has 2 aliphatic heterocycles. The second-order valence-corrected chi connectivity index (χ2v) is 23.1. The van der Waals surface area contributed by atoms with Crippen LogP contribution in [0.4, 0.5) is 0 Å². The molecular weight excluding hydrogens is 1040 g/mol. The zero-order valence-electron chi connectivity index (χ0n) is 44.9. The number of thiophene rings is 1. The monoisotopic (exact) mass is 1110 g/mol. The lowest BCUT2D eigenvalue weighted by molar-refractivity contribution is -0.144. The molecule has 0 saturated carbocycles. The largest absolute Gasteiger partial charge is 0.494 e. The molecule has 4 N–H and O–H groups in total. The number of carbonyl (C=O) groups excluding carboxylic acids is 4. The number of ether oxygens (including phenoxy) is 3. The predicted octanol–water partition coefficient (Wildman–Crippen LogP) is 8.50. The van der Waals surface area contributed by atoms with E-state index < -0.39 is 41.5 Å². The average Bonchev–Trinajstić information content (AvgIpc) is 4.31. The van der Waals surface area contributed by atoms with Crippen molar-refractivity contribution in [1.82, 2.24) is 40.6 Å². The Bertz CT molecular complexity index is 3060. The van der Waals surface area contributed by atoms with E-state index in [9.17, 15) is 24.3 Å². The lowest BCUT2D eigenvalue weighted by Crippen LogP contribution is -2.58. The summed E-state index contributed by atoms with van der Waals surface area (Å²) in [5.74, 6) is 0.609. The van der Waals surface area contributed by atoms with Crippen molar-refractivity contribution < 1.29 is 38.5 Å². The third kappa shape index (κ3) is 14.0. The highest BCUT2D eigenvalue weighted by Crippen LogP contribution is 2.40.